The van der Waals surface area contributed by atoms with Crippen LogP contribution in [0.25, 0.3) is 11.1 Å². The number of amides is 1. The van der Waals surface area contributed by atoms with Crippen LogP contribution in [-0.4, -0.2) is 38.9 Å². The van der Waals surface area contributed by atoms with Crippen molar-refractivity contribution in [3.05, 3.63) is 88.7 Å². The second-order valence-corrected chi connectivity index (χ2v) is 9.77. The first-order chi connectivity index (χ1) is 17.9. The van der Waals surface area contributed by atoms with Gasteiger partial charge in [0.25, 0.3) is 5.91 Å². The Balaban J connectivity index is 1.37. The zero-order chi connectivity index (χ0) is 26.4. The summed E-state index contributed by atoms with van der Waals surface area (Å²) in [6.07, 6.45) is 5.58. The van der Waals surface area contributed by atoms with Crippen LogP contribution in [0.3, 0.4) is 0 Å². The first-order valence-electron chi connectivity index (χ1n) is 12.7. The second kappa shape index (κ2) is 11.8. The lowest BCUT2D eigenvalue weighted by Crippen LogP contribution is -2.38. The molecule has 0 spiro atoms. The summed E-state index contributed by atoms with van der Waals surface area (Å²) >= 11 is 0. The molecule has 0 aliphatic heterocycles. The number of hydrogen-bond donors (Lipinski definition) is 3. The molecular formula is C30H33N3O4. The maximum Gasteiger partial charge on any atom is 0.306 e. The van der Waals surface area contributed by atoms with Gasteiger partial charge in [0, 0.05) is 29.1 Å². The highest BCUT2D eigenvalue weighted by Crippen LogP contribution is 2.27. The van der Waals surface area contributed by atoms with E-state index in [9.17, 15) is 14.8 Å². The predicted molar refractivity (Wildman–Crippen MR) is 143 cm³/mol. The van der Waals surface area contributed by atoms with Crippen molar-refractivity contribution in [3.8, 4) is 11.1 Å². The number of carbonyl (C=O) groups excluding carboxylic acids is 1. The van der Waals surface area contributed by atoms with Gasteiger partial charge < -0.3 is 15.6 Å². The summed E-state index contributed by atoms with van der Waals surface area (Å²) in [6, 6.07) is 17.5. The van der Waals surface area contributed by atoms with Crippen molar-refractivity contribution in [1.82, 2.24) is 10.3 Å². The van der Waals surface area contributed by atoms with E-state index in [0.29, 0.717) is 49.8 Å². The van der Waals surface area contributed by atoms with Gasteiger partial charge in [-0.25, -0.2) is 0 Å². The fourth-order valence-electron chi connectivity index (χ4n) is 5.05. The number of pyridine rings is 1. The molecule has 1 saturated carbocycles. The van der Waals surface area contributed by atoms with E-state index in [1.54, 1.807) is 18.3 Å². The number of rotatable bonds is 8. The van der Waals surface area contributed by atoms with Gasteiger partial charge in [-0.05, 0) is 98.9 Å². The Morgan fingerprint density at radius 3 is 2.41 bits per heavy atom. The molecule has 0 unspecified atom stereocenters. The quantitative estimate of drug-likeness (QED) is 0.214. The Bertz CT molecular complexity index is 1290. The number of carboxylic acids is 1. The number of carboxylic acid groups (broad SMARTS) is 1. The fraction of sp³-hybridized carbons (Fsp3) is 0.333. The Kier molecular flexibility index (Phi) is 8.33. The van der Waals surface area contributed by atoms with Gasteiger partial charge in [-0.3, -0.25) is 14.6 Å². The van der Waals surface area contributed by atoms with Gasteiger partial charge >= 0.3 is 5.97 Å². The van der Waals surface area contributed by atoms with E-state index in [4.69, 9.17) is 5.11 Å². The number of nitrogens with one attached hydrogen (secondary N) is 1. The first-order valence-corrected chi connectivity index (χ1v) is 12.7. The summed E-state index contributed by atoms with van der Waals surface area (Å²) < 4.78 is 0. The van der Waals surface area contributed by atoms with E-state index in [1.807, 2.05) is 50.2 Å². The summed E-state index contributed by atoms with van der Waals surface area (Å²) in [5.41, 5.74) is 7.29. The van der Waals surface area contributed by atoms with Crippen LogP contribution < -0.4 is 5.32 Å². The van der Waals surface area contributed by atoms with Crippen LogP contribution in [0.2, 0.25) is 0 Å². The number of benzene rings is 2. The molecule has 1 fully saturated rings. The van der Waals surface area contributed by atoms with Crippen molar-refractivity contribution in [2.45, 2.75) is 58.4 Å². The molecule has 0 bridgehead atoms. The highest BCUT2D eigenvalue weighted by Gasteiger charge is 2.26. The molecule has 1 heterocycles. The number of aromatic nitrogens is 1. The number of hydrogen-bond acceptors (Lipinski definition) is 5. The average molecular weight is 500 g/mol. The molecule has 7 heteroatoms. The molecule has 3 N–H and O–H groups in total. The molecule has 3 aromatic rings. The van der Waals surface area contributed by atoms with Gasteiger partial charge in [0.05, 0.1) is 11.6 Å². The molecule has 1 aromatic heterocycles. The highest BCUT2D eigenvalue weighted by molar-refractivity contribution is 6.03. The zero-order valence-electron chi connectivity index (χ0n) is 21.3. The Hall–Kier alpha value is -4.00. The van der Waals surface area contributed by atoms with Crippen molar-refractivity contribution in [2.24, 2.45) is 11.1 Å². The molecule has 1 amide bonds. The van der Waals surface area contributed by atoms with Crippen molar-refractivity contribution in [2.75, 3.05) is 0 Å². The van der Waals surface area contributed by atoms with Gasteiger partial charge in [0.1, 0.15) is 0 Å². The minimum absolute atomic E-state index is 0.0150. The van der Waals surface area contributed by atoms with Gasteiger partial charge in [0.2, 0.25) is 0 Å². The van der Waals surface area contributed by atoms with Gasteiger partial charge in [0.15, 0.2) is 0 Å². The van der Waals surface area contributed by atoms with E-state index in [-0.39, 0.29) is 17.9 Å². The lowest BCUT2D eigenvalue weighted by Gasteiger charge is -2.26. The minimum atomic E-state index is -0.749. The van der Waals surface area contributed by atoms with Crippen LogP contribution in [0.4, 0.5) is 0 Å². The number of aliphatic carboxylic acids is 1. The third-order valence-electron chi connectivity index (χ3n) is 7.25. The van der Waals surface area contributed by atoms with Gasteiger partial charge in [-0.1, -0.05) is 35.5 Å². The molecule has 0 atom stereocenters. The smallest absolute Gasteiger partial charge is 0.306 e. The Labute approximate surface area is 217 Å². The maximum absolute atomic E-state index is 12.7. The third kappa shape index (κ3) is 6.42. The summed E-state index contributed by atoms with van der Waals surface area (Å²) in [6.45, 7) is 4.00. The molecule has 7 nitrogen and oxygen atoms in total. The van der Waals surface area contributed by atoms with Gasteiger partial charge in [-0.15, -0.1) is 0 Å². The number of aryl methyl sites for hydroxylation is 2. The number of carbonyl (C=O) groups is 2. The van der Waals surface area contributed by atoms with E-state index in [2.05, 4.69) is 21.5 Å². The van der Waals surface area contributed by atoms with Crippen LogP contribution in [0, 0.1) is 19.8 Å². The summed E-state index contributed by atoms with van der Waals surface area (Å²) in [7, 11) is 0. The van der Waals surface area contributed by atoms with Crippen LogP contribution in [0.15, 0.2) is 65.9 Å². The standard InChI is InChI=1S/C30H33N3O4/c1-19-18-24(16-17-31-19)26-4-3-5-27(20(26)2)28(33-37)15-8-21-6-9-22(10-7-21)29(34)32-25-13-11-23(12-14-25)30(35)36/h3-7,9-10,16-18,23,25,37H,8,11-15H2,1-2H3,(H,32,34)(H,35,36)/b33-28+/t23-,25-. The molecule has 4 rings (SSSR count). The van der Waals surface area contributed by atoms with E-state index >= 15 is 0 Å². The molecule has 0 radical (unpaired) electrons. The Morgan fingerprint density at radius 1 is 1.03 bits per heavy atom. The SMILES string of the molecule is Cc1cc(-c2cccc(/C(CCc3ccc(C(=O)N[C@H]4CC[C@H](C(=O)O)CC4)cc3)=N/O)c2C)ccn1. The number of oxime groups is 1. The van der Waals surface area contributed by atoms with E-state index in [1.165, 1.54) is 0 Å². The number of nitrogens with zero attached hydrogens (tertiary/aromatic N) is 2. The van der Waals surface area contributed by atoms with Crippen LogP contribution in [0.5, 0.6) is 0 Å². The van der Waals surface area contributed by atoms with E-state index in [0.717, 1.165) is 33.5 Å². The van der Waals surface area contributed by atoms with Crippen molar-refractivity contribution in [3.63, 3.8) is 0 Å². The largest absolute Gasteiger partial charge is 0.481 e. The minimum Gasteiger partial charge on any atom is -0.481 e. The molecule has 1 aliphatic carbocycles. The first kappa shape index (κ1) is 26.1. The monoisotopic (exact) mass is 499 g/mol. The predicted octanol–water partition coefficient (Wildman–Crippen LogP) is 5.55. The van der Waals surface area contributed by atoms with Crippen molar-refractivity contribution < 1.29 is 19.9 Å². The molecular weight excluding hydrogens is 466 g/mol. The molecule has 0 saturated heterocycles. The second-order valence-electron chi connectivity index (χ2n) is 9.77. The lowest BCUT2D eigenvalue weighted by atomic mass is 9.86. The normalized spacial score (nSPS) is 17.8. The van der Waals surface area contributed by atoms with Crippen LogP contribution in [-0.2, 0) is 11.2 Å². The highest BCUT2D eigenvalue weighted by atomic mass is 16.4. The summed E-state index contributed by atoms with van der Waals surface area (Å²) in [5.74, 6) is -1.19. The summed E-state index contributed by atoms with van der Waals surface area (Å²) in [4.78, 5) is 28.1. The van der Waals surface area contributed by atoms with Crippen molar-refractivity contribution >= 4 is 17.6 Å². The maximum atomic E-state index is 12.7. The van der Waals surface area contributed by atoms with Crippen LogP contribution >= 0.6 is 0 Å². The van der Waals surface area contributed by atoms with E-state index < -0.39 is 5.97 Å². The molecule has 37 heavy (non-hydrogen) atoms. The fourth-order valence-corrected chi connectivity index (χ4v) is 5.05. The average Bonchev–Trinajstić information content (AvgIpc) is 2.90. The molecule has 2 aromatic carbocycles. The molecule has 192 valence electrons. The molecule has 1 aliphatic rings. The lowest BCUT2D eigenvalue weighted by molar-refractivity contribution is -0.142. The van der Waals surface area contributed by atoms with Crippen LogP contribution in [0.1, 0.15) is 64.8 Å². The Morgan fingerprint density at radius 2 is 1.76 bits per heavy atom. The third-order valence-corrected chi connectivity index (χ3v) is 7.25. The van der Waals surface area contributed by atoms with Gasteiger partial charge in [-0.2, -0.15) is 0 Å². The zero-order valence-corrected chi connectivity index (χ0v) is 21.3. The summed E-state index contributed by atoms with van der Waals surface area (Å²) in [5, 5.41) is 25.6. The van der Waals surface area contributed by atoms with Crippen molar-refractivity contribution in [1.29, 1.82) is 0 Å². The topological polar surface area (TPSA) is 112 Å².